The minimum Gasteiger partial charge on any atom is -0.439 e. The first-order chi connectivity index (χ1) is 6.77. The number of nitrogens with zero attached hydrogens (tertiary/aromatic N) is 1. The van der Waals surface area contributed by atoms with Gasteiger partial charge in [-0.1, -0.05) is 6.42 Å². The molecule has 15 heavy (non-hydrogen) atoms. The largest absolute Gasteiger partial charge is 0.439 e. The first kappa shape index (κ1) is 12.3. The van der Waals surface area contributed by atoms with Crippen molar-refractivity contribution >= 4 is 24.4 Å². The van der Waals surface area contributed by atoms with Crippen LogP contribution in [0.15, 0.2) is 0 Å². The number of carbonyl (C=O) groups is 2. The van der Waals surface area contributed by atoms with Gasteiger partial charge in [-0.25, -0.2) is 9.69 Å². The first-order valence-electron chi connectivity index (χ1n) is 4.98. The second-order valence-electron chi connectivity index (χ2n) is 3.71. The molecule has 2 aliphatic heterocycles. The summed E-state index contributed by atoms with van der Waals surface area (Å²) in [6, 6.07) is 0.248. The third-order valence-corrected chi connectivity index (χ3v) is 2.66. The van der Waals surface area contributed by atoms with Gasteiger partial charge < -0.3 is 10.1 Å². The van der Waals surface area contributed by atoms with Crippen LogP contribution in [-0.4, -0.2) is 42.6 Å². The van der Waals surface area contributed by atoms with Crippen LogP contribution >= 0.6 is 12.4 Å². The average molecular weight is 235 g/mol. The molecule has 1 atom stereocenters. The van der Waals surface area contributed by atoms with Crippen LogP contribution in [0.4, 0.5) is 4.79 Å². The van der Waals surface area contributed by atoms with Crippen LogP contribution in [0.3, 0.4) is 0 Å². The van der Waals surface area contributed by atoms with Gasteiger partial charge in [0.05, 0.1) is 0 Å². The second-order valence-corrected chi connectivity index (χ2v) is 3.71. The number of piperidine rings is 1. The van der Waals surface area contributed by atoms with E-state index in [1.54, 1.807) is 0 Å². The van der Waals surface area contributed by atoms with E-state index in [2.05, 4.69) is 10.1 Å². The van der Waals surface area contributed by atoms with E-state index in [9.17, 15) is 9.59 Å². The smallest absolute Gasteiger partial charge is 0.417 e. The van der Waals surface area contributed by atoms with Gasteiger partial charge in [-0.05, 0) is 19.4 Å². The zero-order valence-electron chi connectivity index (χ0n) is 8.40. The van der Waals surface area contributed by atoms with Gasteiger partial charge >= 0.3 is 6.09 Å². The van der Waals surface area contributed by atoms with Crippen LogP contribution < -0.4 is 5.32 Å². The molecule has 0 saturated carbocycles. The molecular weight excluding hydrogens is 220 g/mol. The van der Waals surface area contributed by atoms with Crippen molar-refractivity contribution in [2.45, 2.75) is 25.3 Å². The standard InChI is InChI=1S/C9H14N2O3.ClH/c12-8-6-14-9(13)11(8)5-7-3-1-2-4-10-7;/h7,10H,1-6H2;1H. The second kappa shape index (κ2) is 5.32. The summed E-state index contributed by atoms with van der Waals surface area (Å²) in [5.74, 6) is -0.220. The number of halogens is 1. The van der Waals surface area contributed by atoms with E-state index in [1.807, 2.05) is 0 Å². The van der Waals surface area contributed by atoms with Crippen molar-refractivity contribution in [2.24, 2.45) is 0 Å². The van der Waals surface area contributed by atoms with Crippen LogP contribution in [0.5, 0.6) is 0 Å². The zero-order chi connectivity index (χ0) is 9.97. The summed E-state index contributed by atoms with van der Waals surface area (Å²) in [6.07, 6.45) is 2.86. The van der Waals surface area contributed by atoms with Crippen LogP contribution in [0, 0.1) is 0 Å². The van der Waals surface area contributed by atoms with Gasteiger partial charge in [0.15, 0.2) is 6.61 Å². The summed E-state index contributed by atoms with van der Waals surface area (Å²) in [5.41, 5.74) is 0. The molecule has 2 fully saturated rings. The van der Waals surface area contributed by atoms with Gasteiger partial charge in [0.25, 0.3) is 5.91 Å². The van der Waals surface area contributed by atoms with Crippen LogP contribution in [0.1, 0.15) is 19.3 Å². The summed E-state index contributed by atoms with van der Waals surface area (Å²) in [6.45, 7) is 1.34. The Morgan fingerprint density at radius 2 is 2.20 bits per heavy atom. The fraction of sp³-hybridized carbons (Fsp3) is 0.778. The molecule has 1 unspecified atom stereocenters. The van der Waals surface area contributed by atoms with Crippen molar-refractivity contribution in [3.63, 3.8) is 0 Å². The Morgan fingerprint density at radius 1 is 1.40 bits per heavy atom. The third-order valence-electron chi connectivity index (χ3n) is 2.66. The molecule has 0 spiro atoms. The van der Waals surface area contributed by atoms with E-state index in [0.29, 0.717) is 6.54 Å². The van der Waals surface area contributed by atoms with Gasteiger partial charge in [0, 0.05) is 12.6 Å². The number of nitrogens with one attached hydrogen (secondary N) is 1. The molecule has 2 amide bonds. The normalized spacial score (nSPS) is 26.1. The Kier molecular flexibility index (Phi) is 4.35. The molecule has 86 valence electrons. The van der Waals surface area contributed by atoms with Gasteiger partial charge in [0.1, 0.15) is 0 Å². The predicted molar refractivity (Wildman–Crippen MR) is 56.0 cm³/mol. The van der Waals surface area contributed by atoms with E-state index < -0.39 is 6.09 Å². The highest BCUT2D eigenvalue weighted by molar-refractivity contribution is 5.97. The molecule has 0 aromatic carbocycles. The fourth-order valence-corrected chi connectivity index (χ4v) is 1.86. The minimum absolute atomic E-state index is 0. The molecule has 5 nitrogen and oxygen atoms in total. The third kappa shape index (κ3) is 2.82. The Balaban J connectivity index is 0.00000112. The van der Waals surface area contributed by atoms with Gasteiger partial charge in [0.2, 0.25) is 0 Å². The highest BCUT2D eigenvalue weighted by Crippen LogP contribution is 2.12. The van der Waals surface area contributed by atoms with Crippen molar-refractivity contribution in [3.8, 4) is 0 Å². The summed E-state index contributed by atoms with van der Waals surface area (Å²) in [5, 5.41) is 3.29. The predicted octanol–water partition coefficient (Wildman–Crippen LogP) is 0.529. The van der Waals surface area contributed by atoms with E-state index in [-0.39, 0.29) is 31.0 Å². The van der Waals surface area contributed by atoms with E-state index >= 15 is 0 Å². The number of imide groups is 1. The number of carbonyl (C=O) groups excluding carboxylic acids is 2. The Bertz CT molecular complexity index is 238. The molecule has 0 aromatic rings. The zero-order valence-corrected chi connectivity index (χ0v) is 9.22. The maximum absolute atomic E-state index is 11.2. The van der Waals surface area contributed by atoms with E-state index in [4.69, 9.17) is 0 Å². The lowest BCUT2D eigenvalue weighted by Gasteiger charge is -2.25. The van der Waals surface area contributed by atoms with Gasteiger partial charge in [-0.15, -0.1) is 12.4 Å². The van der Waals surface area contributed by atoms with E-state index in [0.717, 1.165) is 19.4 Å². The summed E-state index contributed by atoms with van der Waals surface area (Å²) < 4.78 is 4.63. The van der Waals surface area contributed by atoms with Crippen molar-refractivity contribution in [1.29, 1.82) is 0 Å². The quantitative estimate of drug-likeness (QED) is 0.757. The average Bonchev–Trinajstić information content (AvgIpc) is 2.51. The molecular formula is C9H15ClN2O3. The Labute approximate surface area is 94.5 Å². The molecule has 6 heteroatoms. The van der Waals surface area contributed by atoms with Crippen molar-refractivity contribution < 1.29 is 14.3 Å². The summed E-state index contributed by atoms with van der Waals surface area (Å²) in [7, 11) is 0. The molecule has 0 aromatic heterocycles. The van der Waals surface area contributed by atoms with Crippen molar-refractivity contribution in [1.82, 2.24) is 10.2 Å². The lowest BCUT2D eigenvalue weighted by molar-refractivity contribution is -0.126. The Hall–Kier alpha value is -0.810. The maximum atomic E-state index is 11.2. The molecule has 0 radical (unpaired) electrons. The molecule has 2 aliphatic rings. The first-order valence-corrected chi connectivity index (χ1v) is 4.98. The SMILES string of the molecule is Cl.O=C1COC(=O)N1CC1CCCCN1. The number of ether oxygens (including phenoxy) is 1. The number of amides is 2. The lowest BCUT2D eigenvalue weighted by atomic mass is 10.0. The van der Waals surface area contributed by atoms with Gasteiger partial charge in [-0.3, -0.25) is 4.79 Å². The summed E-state index contributed by atoms with van der Waals surface area (Å²) >= 11 is 0. The number of rotatable bonds is 2. The maximum Gasteiger partial charge on any atom is 0.417 e. The monoisotopic (exact) mass is 234 g/mol. The van der Waals surface area contributed by atoms with Crippen LogP contribution in [0.2, 0.25) is 0 Å². The Morgan fingerprint density at radius 3 is 2.73 bits per heavy atom. The topological polar surface area (TPSA) is 58.6 Å². The number of hydrogen-bond donors (Lipinski definition) is 1. The molecule has 2 rings (SSSR count). The molecule has 0 aliphatic carbocycles. The molecule has 2 heterocycles. The highest BCUT2D eigenvalue weighted by Gasteiger charge is 2.32. The lowest BCUT2D eigenvalue weighted by Crippen LogP contribution is -2.45. The van der Waals surface area contributed by atoms with Crippen LogP contribution in [0.25, 0.3) is 0 Å². The van der Waals surface area contributed by atoms with Gasteiger partial charge in [-0.2, -0.15) is 0 Å². The summed E-state index contributed by atoms with van der Waals surface area (Å²) in [4.78, 5) is 23.5. The fourth-order valence-electron chi connectivity index (χ4n) is 1.86. The highest BCUT2D eigenvalue weighted by atomic mass is 35.5. The van der Waals surface area contributed by atoms with Crippen molar-refractivity contribution in [3.05, 3.63) is 0 Å². The molecule has 0 bridgehead atoms. The van der Waals surface area contributed by atoms with Crippen molar-refractivity contribution in [2.75, 3.05) is 19.7 Å². The number of cyclic esters (lactones) is 1. The van der Waals surface area contributed by atoms with Crippen LogP contribution in [-0.2, 0) is 9.53 Å². The molecule has 2 saturated heterocycles. The van der Waals surface area contributed by atoms with E-state index in [1.165, 1.54) is 11.3 Å². The molecule has 1 N–H and O–H groups in total. The number of hydrogen-bond acceptors (Lipinski definition) is 4. The minimum atomic E-state index is -0.498.